The van der Waals surface area contributed by atoms with Crippen molar-refractivity contribution in [3.05, 3.63) is 46.0 Å². The van der Waals surface area contributed by atoms with E-state index in [1.807, 2.05) is 32.9 Å². The van der Waals surface area contributed by atoms with Crippen LogP contribution in [0.4, 0.5) is 5.13 Å². The van der Waals surface area contributed by atoms with E-state index in [4.69, 9.17) is 4.74 Å². The molecule has 0 fully saturated rings. The number of esters is 1. The fraction of sp³-hybridized carbons (Fsp3) is 0.400. The SMILES string of the molecule is Cc1ccc(C(=O)CCC(=O)Nc2nc(C)c(C(=O)OCC(C)C)s2)cc1. The second-order valence-electron chi connectivity index (χ2n) is 6.76. The number of thiazole rings is 1. The van der Waals surface area contributed by atoms with E-state index in [2.05, 4.69) is 10.3 Å². The van der Waals surface area contributed by atoms with E-state index in [0.717, 1.165) is 16.9 Å². The maximum atomic E-state index is 12.1. The van der Waals surface area contributed by atoms with Gasteiger partial charge in [-0.25, -0.2) is 9.78 Å². The molecule has 6 nitrogen and oxygen atoms in total. The van der Waals surface area contributed by atoms with Crippen LogP contribution < -0.4 is 5.32 Å². The molecule has 0 aliphatic carbocycles. The molecule has 0 radical (unpaired) electrons. The summed E-state index contributed by atoms with van der Waals surface area (Å²) in [6.45, 7) is 7.88. The molecule has 144 valence electrons. The first kappa shape index (κ1) is 20.8. The molecule has 0 aliphatic rings. The van der Waals surface area contributed by atoms with Crippen molar-refractivity contribution in [3.8, 4) is 0 Å². The van der Waals surface area contributed by atoms with Gasteiger partial charge < -0.3 is 10.1 Å². The smallest absolute Gasteiger partial charge is 0.350 e. The van der Waals surface area contributed by atoms with E-state index in [-0.39, 0.29) is 30.4 Å². The van der Waals surface area contributed by atoms with Gasteiger partial charge in [0, 0.05) is 18.4 Å². The maximum Gasteiger partial charge on any atom is 0.350 e. The average molecular weight is 388 g/mol. The zero-order valence-electron chi connectivity index (χ0n) is 16.0. The summed E-state index contributed by atoms with van der Waals surface area (Å²) in [5.41, 5.74) is 2.18. The molecule has 0 spiro atoms. The molecule has 0 bridgehead atoms. The first-order chi connectivity index (χ1) is 12.8. The molecular weight excluding hydrogens is 364 g/mol. The van der Waals surface area contributed by atoms with Gasteiger partial charge in [-0.1, -0.05) is 55.0 Å². The van der Waals surface area contributed by atoms with Crippen LogP contribution in [0.3, 0.4) is 0 Å². The number of ether oxygens (including phenoxy) is 1. The third-order valence-corrected chi connectivity index (χ3v) is 4.78. The lowest BCUT2D eigenvalue weighted by Gasteiger charge is -2.05. The minimum atomic E-state index is -0.436. The quantitative estimate of drug-likeness (QED) is 0.542. The highest BCUT2D eigenvalue weighted by atomic mass is 32.1. The number of carbonyl (C=O) groups is 3. The summed E-state index contributed by atoms with van der Waals surface area (Å²) >= 11 is 1.08. The molecule has 7 heteroatoms. The Morgan fingerprint density at radius 1 is 1.11 bits per heavy atom. The van der Waals surface area contributed by atoms with Crippen molar-refractivity contribution in [1.29, 1.82) is 0 Å². The molecule has 1 aromatic heterocycles. The van der Waals surface area contributed by atoms with Gasteiger partial charge in [0.15, 0.2) is 10.9 Å². The van der Waals surface area contributed by atoms with Crippen LogP contribution in [0.2, 0.25) is 0 Å². The van der Waals surface area contributed by atoms with Crippen LogP contribution in [0.5, 0.6) is 0 Å². The summed E-state index contributed by atoms with van der Waals surface area (Å²) in [6, 6.07) is 7.25. The minimum absolute atomic E-state index is 0.0540. The number of aryl methyl sites for hydroxylation is 2. The molecule has 1 amide bonds. The van der Waals surface area contributed by atoms with Crippen molar-refractivity contribution in [3.63, 3.8) is 0 Å². The molecule has 0 unspecified atom stereocenters. The maximum absolute atomic E-state index is 12.1. The zero-order chi connectivity index (χ0) is 20.0. The van der Waals surface area contributed by atoms with E-state index >= 15 is 0 Å². The molecule has 0 saturated carbocycles. The molecule has 1 N–H and O–H groups in total. The number of anilines is 1. The van der Waals surface area contributed by atoms with Gasteiger partial charge in [-0.3, -0.25) is 9.59 Å². The molecule has 1 aromatic carbocycles. The van der Waals surface area contributed by atoms with E-state index in [9.17, 15) is 14.4 Å². The van der Waals surface area contributed by atoms with Gasteiger partial charge in [-0.15, -0.1) is 0 Å². The van der Waals surface area contributed by atoms with E-state index in [1.165, 1.54) is 0 Å². The van der Waals surface area contributed by atoms with E-state index < -0.39 is 5.97 Å². The summed E-state index contributed by atoms with van der Waals surface area (Å²) in [5.74, 6) is -0.592. The number of hydrogen-bond donors (Lipinski definition) is 1. The van der Waals surface area contributed by atoms with Gasteiger partial charge in [0.05, 0.1) is 12.3 Å². The monoisotopic (exact) mass is 388 g/mol. The highest BCUT2D eigenvalue weighted by Gasteiger charge is 2.18. The number of nitrogens with one attached hydrogen (secondary N) is 1. The molecule has 1 heterocycles. The Morgan fingerprint density at radius 2 is 1.78 bits per heavy atom. The lowest BCUT2D eigenvalue weighted by Crippen LogP contribution is -2.13. The topological polar surface area (TPSA) is 85.4 Å². The number of aromatic nitrogens is 1. The van der Waals surface area contributed by atoms with Crippen LogP contribution >= 0.6 is 11.3 Å². The van der Waals surface area contributed by atoms with E-state index in [1.54, 1.807) is 19.1 Å². The molecule has 2 rings (SSSR count). The first-order valence-electron chi connectivity index (χ1n) is 8.80. The van der Waals surface area contributed by atoms with Crippen molar-refractivity contribution < 1.29 is 19.1 Å². The average Bonchev–Trinajstić information content (AvgIpc) is 2.98. The van der Waals surface area contributed by atoms with Crippen LogP contribution in [0, 0.1) is 19.8 Å². The fourth-order valence-electron chi connectivity index (χ4n) is 2.24. The normalized spacial score (nSPS) is 10.7. The van der Waals surface area contributed by atoms with Crippen LogP contribution in [-0.2, 0) is 9.53 Å². The van der Waals surface area contributed by atoms with Crippen molar-refractivity contribution in [2.45, 2.75) is 40.5 Å². The van der Waals surface area contributed by atoms with Gasteiger partial charge in [0.2, 0.25) is 5.91 Å². The Morgan fingerprint density at radius 3 is 2.41 bits per heavy atom. The Kier molecular flexibility index (Phi) is 7.24. The number of rotatable bonds is 8. The third kappa shape index (κ3) is 6.29. The summed E-state index contributed by atoms with van der Waals surface area (Å²) in [6.07, 6.45) is 0.168. The highest BCUT2D eigenvalue weighted by Crippen LogP contribution is 2.24. The van der Waals surface area contributed by atoms with Crippen LogP contribution in [0.25, 0.3) is 0 Å². The number of ketones is 1. The standard InChI is InChI=1S/C20H24N2O4S/c1-12(2)11-26-19(25)18-14(4)21-20(27-18)22-17(24)10-9-16(23)15-7-5-13(3)6-8-15/h5-8,12H,9-11H2,1-4H3,(H,21,22,24). The number of nitrogens with zero attached hydrogens (tertiary/aromatic N) is 1. The van der Waals surface area contributed by atoms with Crippen molar-refractivity contribution in [2.24, 2.45) is 5.92 Å². The largest absolute Gasteiger partial charge is 0.461 e. The molecule has 2 aromatic rings. The van der Waals surface area contributed by atoms with Crippen LogP contribution in [0.1, 0.15) is 58.0 Å². The Hall–Kier alpha value is -2.54. The fourth-order valence-corrected chi connectivity index (χ4v) is 3.12. The van der Waals surface area contributed by atoms with Gasteiger partial charge in [-0.05, 0) is 19.8 Å². The van der Waals surface area contributed by atoms with Gasteiger partial charge in [0.1, 0.15) is 4.88 Å². The lowest BCUT2D eigenvalue weighted by molar-refractivity contribution is -0.116. The Bertz CT molecular complexity index is 825. The third-order valence-electron chi connectivity index (χ3n) is 3.73. The molecular formula is C20H24N2O4S. The number of hydrogen-bond acceptors (Lipinski definition) is 6. The molecule has 0 atom stereocenters. The van der Waals surface area contributed by atoms with Crippen molar-refractivity contribution >= 4 is 34.1 Å². The van der Waals surface area contributed by atoms with Crippen molar-refractivity contribution in [2.75, 3.05) is 11.9 Å². The minimum Gasteiger partial charge on any atom is -0.461 e. The summed E-state index contributed by atoms with van der Waals surface area (Å²) in [4.78, 5) is 40.9. The first-order valence-corrected chi connectivity index (χ1v) is 9.62. The Labute approximate surface area is 163 Å². The summed E-state index contributed by atoms with van der Waals surface area (Å²) in [5, 5.41) is 2.98. The number of carbonyl (C=O) groups excluding carboxylic acids is 3. The zero-order valence-corrected chi connectivity index (χ0v) is 16.8. The van der Waals surface area contributed by atoms with Gasteiger partial charge in [0.25, 0.3) is 0 Å². The Balaban J connectivity index is 1.88. The van der Waals surface area contributed by atoms with Gasteiger partial charge >= 0.3 is 5.97 Å². The highest BCUT2D eigenvalue weighted by molar-refractivity contribution is 7.17. The second-order valence-corrected chi connectivity index (χ2v) is 7.76. The number of Topliss-reactive ketones (excluding diaryl/α,β-unsaturated/α-hetero) is 1. The summed E-state index contributed by atoms with van der Waals surface area (Å²) in [7, 11) is 0. The molecule has 0 aliphatic heterocycles. The predicted octanol–water partition coefficient (Wildman–Crippen LogP) is 4.17. The van der Waals surface area contributed by atoms with Crippen LogP contribution in [0.15, 0.2) is 24.3 Å². The number of benzene rings is 1. The van der Waals surface area contributed by atoms with Gasteiger partial charge in [-0.2, -0.15) is 0 Å². The predicted molar refractivity (Wildman–Crippen MR) is 105 cm³/mol. The molecule has 0 saturated heterocycles. The van der Waals surface area contributed by atoms with Crippen LogP contribution in [-0.4, -0.2) is 29.3 Å². The lowest BCUT2D eigenvalue weighted by atomic mass is 10.1. The second kappa shape index (κ2) is 9.41. The summed E-state index contributed by atoms with van der Waals surface area (Å²) < 4.78 is 5.20. The van der Waals surface area contributed by atoms with E-state index in [0.29, 0.717) is 27.9 Å². The number of amides is 1. The van der Waals surface area contributed by atoms with Crippen molar-refractivity contribution in [1.82, 2.24) is 4.98 Å². The molecule has 27 heavy (non-hydrogen) atoms.